The van der Waals surface area contributed by atoms with E-state index in [2.05, 4.69) is 153 Å². The van der Waals surface area contributed by atoms with E-state index in [1.165, 1.54) is 50.1 Å². The van der Waals surface area contributed by atoms with Gasteiger partial charge in [0.25, 0.3) is 0 Å². The van der Waals surface area contributed by atoms with Crippen molar-refractivity contribution in [2.75, 3.05) is 0 Å². The minimum Gasteiger partial charge on any atom is -0.155 e. The van der Waals surface area contributed by atoms with E-state index in [9.17, 15) is 0 Å². The number of hydrogen-bond acceptors (Lipinski definition) is 4. The molecular weight excluding hydrogens is 524 g/mol. The molecule has 4 rings (SSSR count). The zero-order valence-electron chi connectivity index (χ0n) is 29.1. The average Bonchev–Trinajstić information content (AvgIpc) is 2.92. The summed E-state index contributed by atoms with van der Waals surface area (Å²) in [5, 5.41) is 17.8. The molecule has 0 saturated carbocycles. The molecule has 0 unspecified atom stereocenters. The van der Waals surface area contributed by atoms with E-state index in [1.807, 2.05) is 0 Å². The molecule has 0 aliphatic heterocycles. The molecule has 4 heteroatoms. The Labute approximate surface area is 261 Å². The molecule has 43 heavy (non-hydrogen) atoms. The molecule has 0 aliphatic carbocycles. The maximum Gasteiger partial charge on any atom is 0.0688 e. The van der Waals surface area contributed by atoms with Crippen molar-refractivity contribution in [1.29, 1.82) is 0 Å². The molecule has 2 heterocycles. The van der Waals surface area contributed by atoms with Gasteiger partial charge in [0.1, 0.15) is 0 Å². The van der Waals surface area contributed by atoms with Gasteiger partial charge in [0.15, 0.2) is 0 Å². The number of aromatic nitrogens is 4. The highest BCUT2D eigenvalue weighted by molar-refractivity contribution is 5.37. The van der Waals surface area contributed by atoms with Gasteiger partial charge in [0, 0.05) is 0 Å². The fraction of sp³-hybridized carbons (Fsp3) is 0.487. The molecule has 0 radical (unpaired) electrons. The first-order chi connectivity index (χ1) is 20.2. The molecule has 0 bridgehead atoms. The van der Waals surface area contributed by atoms with E-state index < -0.39 is 0 Å². The van der Waals surface area contributed by atoms with Crippen molar-refractivity contribution in [3.63, 3.8) is 0 Å². The number of aryl methyl sites for hydroxylation is 5. The Balaban J connectivity index is 0.000000236. The third-order valence-corrected chi connectivity index (χ3v) is 8.81. The van der Waals surface area contributed by atoms with E-state index in [0.29, 0.717) is 23.7 Å². The van der Waals surface area contributed by atoms with Crippen LogP contribution in [0.1, 0.15) is 138 Å². The Morgan fingerprint density at radius 1 is 0.488 bits per heavy atom. The minimum atomic E-state index is 0.428. The third-order valence-electron chi connectivity index (χ3n) is 8.81. The largest absolute Gasteiger partial charge is 0.155 e. The van der Waals surface area contributed by atoms with Gasteiger partial charge in [-0.2, -0.15) is 20.4 Å². The van der Waals surface area contributed by atoms with Crippen molar-refractivity contribution in [3.05, 3.63) is 115 Å². The molecule has 0 saturated heterocycles. The Hall–Kier alpha value is -3.40. The number of rotatable bonds is 8. The summed E-state index contributed by atoms with van der Waals surface area (Å²) >= 11 is 0. The van der Waals surface area contributed by atoms with Crippen molar-refractivity contribution in [3.8, 4) is 0 Å². The number of hydrogen-bond donors (Lipinski definition) is 0. The lowest BCUT2D eigenvalue weighted by molar-refractivity contribution is 0.691. The van der Waals surface area contributed by atoms with E-state index in [1.54, 1.807) is 0 Å². The molecule has 0 N–H and O–H groups in total. The van der Waals surface area contributed by atoms with Gasteiger partial charge < -0.3 is 0 Å². The molecule has 4 nitrogen and oxygen atoms in total. The van der Waals surface area contributed by atoms with Crippen LogP contribution in [0.5, 0.6) is 0 Å². The molecule has 0 aliphatic rings. The van der Waals surface area contributed by atoms with Crippen LogP contribution in [0.3, 0.4) is 0 Å². The highest BCUT2D eigenvalue weighted by atomic mass is 15.1. The predicted octanol–water partition coefficient (Wildman–Crippen LogP) is 10.1. The molecule has 0 spiro atoms. The fourth-order valence-electron chi connectivity index (χ4n) is 5.99. The molecule has 2 atom stereocenters. The monoisotopic (exact) mass is 578 g/mol. The van der Waals surface area contributed by atoms with E-state index in [-0.39, 0.29) is 0 Å². The second-order valence-corrected chi connectivity index (χ2v) is 13.4. The summed E-state index contributed by atoms with van der Waals surface area (Å²) in [5.41, 5.74) is 16.5. The van der Waals surface area contributed by atoms with Crippen LogP contribution < -0.4 is 0 Å². The first-order valence-electron chi connectivity index (χ1n) is 16.0. The van der Waals surface area contributed by atoms with Gasteiger partial charge in [-0.25, -0.2) is 0 Å². The Morgan fingerprint density at radius 2 is 0.977 bits per heavy atom. The lowest BCUT2D eigenvalue weighted by atomic mass is 9.89. The molecule has 0 fully saturated rings. The standard InChI is InChI=1S/C20H28N2.C19H26N2/c1-12(2)20-17(7)16(6)19(21-22-20)11-15(5)18-9-8-13(3)10-14(18)4;1-12(2)18-11-16(6)19(21-20-18)10-15(5)17-8-7-13(3)9-14(17)4/h8-10,12,15H,11H2,1-7H3;7-9,11-12,15H,10H2,1-6H3/t2*15-/m00/s1. The van der Waals surface area contributed by atoms with Crippen molar-refractivity contribution in [2.45, 2.75) is 127 Å². The van der Waals surface area contributed by atoms with Crippen LogP contribution in [0, 0.1) is 48.5 Å². The summed E-state index contributed by atoms with van der Waals surface area (Å²) in [6, 6.07) is 15.6. The lowest BCUT2D eigenvalue weighted by Crippen LogP contribution is -2.10. The number of benzene rings is 2. The zero-order valence-corrected chi connectivity index (χ0v) is 29.1. The Bertz CT molecular complexity index is 1530. The fourth-order valence-corrected chi connectivity index (χ4v) is 5.99. The summed E-state index contributed by atoms with van der Waals surface area (Å²) in [5.74, 6) is 1.78. The average molecular weight is 579 g/mol. The normalized spacial score (nSPS) is 12.7. The van der Waals surface area contributed by atoms with E-state index >= 15 is 0 Å². The molecule has 0 amide bonds. The first-order valence-corrected chi connectivity index (χ1v) is 16.0. The van der Waals surface area contributed by atoms with E-state index in [4.69, 9.17) is 0 Å². The zero-order chi connectivity index (χ0) is 32.0. The third kappa shape index (κ3) is 8.81. The topological polar surface area (TPSA) is 51.6 Å². The molecule has 4 aromatic rings. The summed E-state index contributed by atoms with van der Waals surface area (Å²) in [4.78, 5) is 0. The lowest BCUT2D eigenvalue weighted by Gasteiger charge is -2.18. The SMILES string of the molecule is Cc1ccc([C@@H](C)Cc2nnc(C(C)C)c(C)c2C)c(C)c1.Cc1ccc([C@@H](C)Cc2nnc(C(C)C)cc2C)c(C)c1. The van der Waals surface area contributed by atoms with Crippen molar-refractivity contribution in [2.24, 2.45) is 0 Å². The molecule has 2 aromatic heterocycles. The Morgan fingerprint density at radius 3 is 1.42 bits per heavy atom. The molecular formula is C39H54N4. The van der Waals surface area contributed by atoms with Gasteiger partial charge in [-0.05, 0) is 130 Å². The van der Waals surface area contributed by atoms with Gasteiger partial charge >= 0.3 is 0 Å². The Kier molecular flexibility index (Phi) is 11.8. The smallest absolute Gasteiger partial charge is 0.0688 e. The van der Waals surface area contributed by atoms with Crippen LogP contribution in [-0.2, 0) is 12.8 Å². The van der Waals surface area contributed by atoms with Crippen LogP contribution in [0.25, 0.3) is 0 Å². The van der Waals surface area contributed by atoms with Gasteiger partial charge in [-0.15, -0.1) is 0 Å². The summed E-state index contributed by atoms with van der Waals surface area (Å²) in [6.07, 6.45) is 1.89. The highest BCUT2D eigenvalue weighted by Crippen LogP contribution is 2.28. The second kappa shape index (κ2) is 14.9. The van der Waals surface area contributed by atoms with Crippen LogP contribution in [0.15, 0.2) is 42.5 Å². The minimum absolute atomic E-state index is 0.428. The van der Waals surface area contributed by atoms with Crippen molar-refractivity contribution in [1.82, 2.24) is 20.4 Å². The van der Waals surface area contributed by atoms with Gasteiger partial charge in [0.05, 0.1) is 22.8 Å². The predicted molar refractivity (Wildman–Crippen MR) is 183 cm³/mol. The van der Waals surface area contributed by atoms with Gasteiger partial charge in [-0.3, -0.25) is 0 Å². The van der Waals surface area contributed by atoms with Gasteiger partial charge in [-0.1, -0.05) is 89.1 Å². The van der Waals surface area contributed by atoms with Crippen LogP contribution >= 0.6 is 0 Å². The van der Waals surface area contributed by atoms with Crippen molar-refractivity contribution >= 4 is 0 Å². The number of nitrogens with zero attached hydrogens (tertiary/aromatic N) is 4. The first kappa shape index (κ1) is 34.1. The maximum atomic E-state index is 4.52. The van der Waals surface area contributed by atoms with Gasteiger partial charge in [0.2, 0.25) is 0 Å². The van der Waals surface area contributed by atoms with Crippen LogP contribution in [-0.4, -0.2) is 20.4 Å². The van der Waals surface area contributed by atoms with Crippen molar-refractivity contribution < 1.29 is 0 Å². The second-order valence-electron chi connectivity index (χ2n) is 13.4. The summed E-state index contributed by atoms with van der Waals surface area (Å²) in [7, 11) is 0. The maximum absolute atomic E-state index is 4.52. The van der Waals surface area contributed by atoms with Crippen LogP contribution in [0.4, 0.5) is 0 Å². The van der Waals surface area contributed by atoms with E-state index in [0.717, 1.165) is 35.6 Å². The molecule has 230 valence electrons. The highest BCUT2D eigenvalue weighted by Gasteiger charge is 2.17. The quantitative estimate of drug-likeness (QED) is 0.209. The summed E-state index contributed by atoms with van der Waals surface area (Å²) in [6.45, 7) is 28.4. The summed E-state index contributed by atoms with van der Waals surface area (Å²) < 4.78 is 0. The molecule has 2 aromatic carbocycles. The van der Waals surface area contributed by atoms with Crippen LogP contribution in [0.2, 0.25) is 0 Å².